The van der Waals surface area contributed by atoms with Gasteiger partial charge in [-0.3, -0.25) is 9.59 Å². The van der Waals surface area contributed by atoms with Crippen molar-refractivity contribution in [2.75, 3.05) is 6.54 Å². The Hall–Kier alpha value is -3.45. The molecule has 1 heterocycles. The topological polar surface area (TPSA) is 66.8 Å². The highest BCUT2D eigenvalue weighted by Gasteiger charge is 2.36. The number of carboxylic acid groups (broad SMARTS) is 1. The van der Waals surface area contributed by atoms with Gasteiger partial charge in [-0.1, -0.05) is 48.0 Å². The number of carboxylic acids is 1. The number of rotatable bonds is 8. The van der Waals surface area contributed by atoms with E-state index in [1.165, 1.54) is 23.1 Å². The Morgan fingerprint density at radius 1 is 1.09 bits per heavy atom. The minimum atomic E-state index is -1.16. The Labute approximate surface area is 206 Å². The quantitative estimate of drug-likeness (QED) is 0.462. The second-order valence-electron chi connectivity index (χ2n) is 9.00. The van der Waals surface area contributed by atoms with Gasteiger partial charge in [-0.2, -0.15) is 0 Å². The zero-order chi connectivity index (χ0) is 25.2. The van der Waals surface area contributed by atoms with Crippen molar-refractivity contribution in [3.05, 3.63) is 99.6 Å². The number of ether oxygens (including phenoxy) is 1. The third-order valence-corrected chi connectivity index (χ3v) is 6.33. The van der Waals surface area contributed by atoms with E-state index < -0.39 is 29.8 Å². The number of carbonyl (C=O) groups is 2. The van der Waals surface area contributed by atoms with Gasteiger partial charge in [0.15, 0.2) is 0 Å². The third-order valence-electron chi connectivity index (χ3n) is 5.98. The lowest BCUT2D eigenvalue weighted by Crippen LogP contribution is -2.36. The molecule has 0 radical (unpaired) electrons. The molecule has 0 aliphatic carbocycles. The summed E-state index contributed by atoms with van der Waals surface area (Å²) in [6.45, 7) is 1.35. The number of aliphatic carboxylic acids is 1. The number of nitrogens with zero attached hydrogens (tertiary/aromatic N) is 1. The van der Waals surface area contributed by atoms with Crippen LogP contribution in [0.25, 0.3) is 0 Å². The molecule has 1 N–H and O–H groups in total. The SMILES string of the molecule is CC1(Cc2ccccc2F)Cc2cc(CC(=O)N(CC(=O)O)Cc3ccc(F)cc3Cl)ccc2O1. The number of carbonyl (C=O) groups excluding carboxylic acids is 1. The van der Waals surface area contributed by atoms with E-state index in [0.717, 1.165) is 11.6 Å². The first kappa shape index (κ1) is 24.7. The van der Waals surface area contributed by atoms with Crippen LogP contribution in [0.5, 0.6) is 5.75 Å². The molecule has 0 spiro atoms. The van der Waals surface area contributed by atoms with Gasteiger partial charge < -0.3 is 14.7 Å². The molecule has 1 aliphatic heterocycles. The molecule has 0 saturated heterocycles. The highest BCUT2D eigenvalue weighted by molar-refractivity contribution is 6.31. The summed E-state index contributed by atoms with van der Waals surface area (Å²) in [6.07, 6.45) is 0.916. The van der Waals surface area contributed by atoms with Crippen LogP contribution in [0.15, 0.2) is 60.7 Å². The Bertz CT molecular complexity index is 1280. The molecular weight excluding hydrogens is 476 g/mol. The monoisotopic (exact) mass is 499 g/mol. The number of amides is 1. The summed E-state index contributed by atoms with van der Waals surface area (Å²) in [4.78, 5) is 25.5. The van der Waals surface area contributed by atoms with Crippen molar-refractivity contribution in [3.8, 4) is 5.75 Å². The van der Waals surface area contributed by atoms with Crippen LogP contribution in [0.1, 0.15) is 29.2 Å². The average molecular weight is 500 g/mol. The predicted molar refractivity (Wildman–Crippen MR) is 127 cm³/mol. The first-order chi connectivity index (χ1) is 16.6. The molecule has 1 aliphatic rings. The Morgan fingerprint density at radius 2 is 1.86 bits per heavy atom. The molecule has 0 bridgehead atoms. The van der Waals surface area contributed by atoms with Crippen molar-refractivity contribution >= 4 is 23.5 Å². The minimum Gasteiger partial charge on any atom is -0.487 e. The lowest BCUT2D eigenvalue weighted by atomic mass is 9.91. The molecule has 8 heteroatoms. The molecule has 0 fully saturated rings. The predicted octanol–water partition coefficient (Wildman–Crippen LogP) is 5.21. The summed E-state index contributed by atoms with van der Waals surface area (Å²) in [5, 5.41) is 9.41. The number of hydrogen-bond donors (Lipinski definition) is 1. The summed E-state index contributed by atoms with van der Waals surface area (Å²) >= 11 is 6.07. The number of fused-ring (bicyclic) bond motifs is 1. The summed E-state index contributed by atoms with van der Waals surface area (Å²) in [7, 11) is 0. The molecule has 3 aromatic carbocycles. The number of benzene rings is 3. The molecule has 1 atom stereocenters. The molecule has 1 amide bonds. The molecule has 4 rings (SSSR count). The largest absolute Gasteiger partial charge is 0.487 e. The Balaban J connectivity index is 1.47. The van der Waals surface area contributed by atoms with E-state index in [4.69, 9.17) is 16.3 Å². The molecule has 0 aromatic heterocycles. The van der Waals surface area contributed by atoms with Crippen LogP contribution in [0, 0.1) is 11.6 Å². The standard InChI is InChI=1S/C27H24ClF2NO4/c1-27(13-18-4-2-3-5-23(18)30)14-20-10-17(6-9-24(20)35-27)11-25(32)31(16-26(33)34)15-19-7-8-21(29)12-22(19)28/h2-10,12H,11,13-16H2,1H3,(H,33,34). The Morgan fingerprint density at radius 3 is 2.57 bits per heavy atom. The van der Waals surface area contributed by atoms with E-state index >= 15 is 0 Å². The molecule has 5 nitrogen and oxygen atoms in total. The van der Waals surface area contributed by atoms with Gasteiger partial charge in [0.25, 0.3) is 0 Å². The molecule has 1 unspecified atom stereocenters. The molecule has 182 valence electrons. The van der Waals surface area contributed by atoms with Crippen LogP contribution < -0.4 is 4.74 Å². The molecule has 0 saturated carbocycles. The zero-order valence-corrected chi connectivity index (χ0v) is 19.8. The van der Waals surface area contributed by atoms with Gasteiger partial charge in [0, 0.05) is 24.4 Å². The lowest BCUT2D eigenvalue weighted by molar-refractivity contribution is -0.144. The summed E-state index contributed by atoms with van der Waals surface area (Å²) in [5.74, 6) is -1.68. The van der Waals surface area contributed by atoms with Crippen LogP contribution in [0.2, 0.25) is 5.02 Å². The van der Waals surface area contributed by atoms with E-state index in [1.54, 1.807) is 30.3 Å². The van der Waals surface area contributed by atoms with Gasteiger partial charge in [-0.25, -0.2) is 8.78 Å². The van der Waals surface area contributed by atoms with E-state index in [-0.39, 0.29) is 23.8 Å². The molecule has 35 heavy (non-hydrogen) atoms. The van der Waals surface area contributed by atoms with Gasteiger partial charge in [-0.05, 0) is 53.4 Å². The van der Waals surface area contributed by atoms with Crippen LogP contribution in [0.3, 0.4) is 0 Å². The fraction of sp³-hybridized carbons (Fsp3) is 0.259. The van der Waals surface area contributed by atoms with E-state index in [2.05, 4.69) is 0 Å². The summed E-state index contributed by atoms with van der Waals surface area (Å²) < 4.78 is 33.6. The average Bonchev–Trinajstić information content (AvgIpc) is 3.11. The van der Waals surface area contributed by atoms with Crippen molar-refractivity contribution in [3.63, 3.8) is 0 Å². The highest BCUT2D eigenvalue weighted by atomic mass is 35.5. The fourth-order valence-electron chi connectivity index (χ4n) is 4.37. The van der Waals surface area contributed by atoms with E-state index in [0.29, 0.717) is 35.3 Å². The maximum absolute atomic E-state index is 14.2. The van der Waals surface area contributed by atoms with Crippen LogP contribution in [-0.4, -0.2) is 34.0 Å². The van der Waals surface area contributed by atoms with Crippen molar-refractivity contribution < 1.29 is 28.2 Å². The molecular formula is C27H24ClF2NO4. The van der Waals surface area contributed by atoms with E-state index in [1.807, 2.05) is 13.0 Å². The van der Waals surface area contributed by atoms with Crippen molar-refractivity contribution in [2.24, 2.45) is 0 Å². The minimum absolute atomic E-state index is 0.0244. The van der Waals surface area contributed by atoms with Crippen molar-refractivity contribution in [1.82, 2.24) is 4.90 Å². The maximum atomic E-state index is 14.2. The fourth-order valence-corrected chi connectivity index (χ4v) is 4.59. The van der Waals surface area contributed by atoms with Crippen LogP contribution in [-0.2, 0) is 35.4 Å². The number of hydrogen-bond acceptors (Lipinski definition) is 3. The van der Waals surface area contributed by atoms with Crippen LogP contribution >= 0.6 is 11.6 Å². The van der Waals surface area contributed by atoms with Gasteiger partial charge in [0.05, 0.1) is 6.42 Å². The summed E-state index contributed by atoms with van der Waals surface area (Å²) in [6, 6.07) is 15.8. The Kier molecular flexibility index (Phi) is 7.08. The third kappa shape index (κ3) is 5.98. The van der Waals surface area contributed by atoms with Gasteiger partial charge >= 0.3 is 5.97 Å². The maximum Gasteiger partial charge on any atom is 0.323 e. The first-order valence-corrected chi connectivity index (χ1v) is 11.5. The zero-order valence-electron chi connectivity index (χ0n) is 19.1. The van der Waals surface area contributed by atoms with Gasteiger partial charge in [0.1, 0.15) is 29.5 Å². The number of halogens is 3. The van der Waals surface area contributed by atoms with Gasteiger partial charge in [0.2, 0.25) is 5.91 Å². The highest BCUT2D eigenvalue weighted by Crippen LogP contribution is 2.38. The van der Waals surface area contributed by atoms with Crippen LogP contribution in [0.4, 0.5) is 8.78 Å². The lowest BCUT2D eigenvalue weighted by Gasteiger charge is -2.24. The first-order valence-electron chi connectivity index (χ1n) is 11.1. The van der Waals surface area contributed by atoms with Gasteiger partial charge in [-0.15, -0.1) is 0 Å². The van der Waals surface area contributed by atoms with E-state index in [9.17, 15) is 23.5 Å². The van der Waals surface area contributed by atoms with Crippen molar-refractivity contribution in [2.45, 2.75) is 38.3 Å². The second kappa shape index (κ2) is 10.0. The smallest absolute Gasteiger partial charge is 0.323 e. The normalized spacial score (nSPS) is 16.5. The summed E-state index contributed by atoms with van der Waals surface area (Å²) in [5.41, 5.74) is 2.01. The van der Waals surface area contributed by atoms with Crippen molar-refractivity contribution in [1.29, 1.82) is 0 Å². The second-order valence-corrected chi connectivity index (χ2v) is 9.40. The molecule has 3 aromatic rings.